The summed E-state index contributed by atoms with van der Waals surface area (Å²) < 4.78 is 6.73. The number of furan rings is 1. The van der Waals surface area contributed by atoms with E-state index in [2.05, 4.69) is 241 Å². The third-order valence-corrected chi connectivity index (χ3v) is 13.6. The minimum absolute atomic E-state index is 0.186. The van der Waals surface area contributed by atoms with Gasteiger partial charge in [0.2, 0.25) is 0 Å². The molecule has 13 rings (SSSR count). The normalized spacial score (nSPS) is 15.0. The molecule has 2 heterocycles. The lowest BCUT2D eigenvalue weighted by Crippen LogP contribution is -2.45. The van der Waals surface area contributed by atoms with Crippen LogP contribution >= 0.6 is 0 Å². The highest BCUT2D eigenvalue weighted by molar-refractivity contribution is 6.18. The van der Waals surface area contributed by atoms with Gasteiger partial charge in [0.05, 0.1) is 0 Å². The third kappa shape index (κ3) is 6.86. The molecule has 0 radical (unpaired) electrons. The Balaban J connectivity index is 0.868. The van der Waals surface area contributed by atoms with Gasteiger partial charge in [0.25, 0.3) is 0 Å². The maximum absolute atomic E-state index is 6.73. The van der Waals surface area contributed by atoms with Crippen LogP contribution in [0.5, 0.6) is 0 Å². The van der Waals surface area contributed by atoms with E-state index in [-0.39, 0.29) is 12.3 Å². The number of hydrogen-bond acceptors (Lipinski definition) is 4. The van der Waals surface area contributed by atoms with Gasteiger partial charge >= 0.3 is 0 Å². The summed E-state index contributed by atoms with van der Waals surface area (Å²) in [5, 5.41) is 17.2. The van der Waals surface area contributed by atoms with Gasteiger partial charge in [0, 0.05) is 16.3 Å². The molecule has 12 aromatic rings. The summed E-state index contributed by atoms with van der Waals surface area (Å²) in [6.07, 6.45) is -0.505. The highest BCUT2D eigenvalue weighted by Gasteiger charge is 2.27. The van der Waals surface area contributed by atoms with E-state index < -0.39 is 0 Å². The molecule has 4 nitrogen and oxygen atoms in total. The molecule has 0 aliphatic carbocycles. The molecule has 0 saturated carbocycles. The number of nitrogens with one attached hydrogen (secondary N) is 2. The minimum atomic E-state index is -0.319. The van der Waals surface area contributed by atoms with Crippen LogP contribution in [0.15, 0.2) is 246 Å². The zero-order valence-electron chi connectivity index (χ0n) is 36.5. The zero-order chi connectivity index (χ0) is 44.3. The van der Waals surface area contributed by atoms with E-state index in [4.69, 9.17) is 9.41 Å². The van der Waals surface area contributed by atoms with Crippen LogP contribution in [0.3, 0.4) is 0 Å². The molecule has 0 fully saturated rings. The Morgan fingerprint density at radius 2 is 0.940 bits per heavy atom. The van der Waals surface area contributed by atoms with Crippen molar-refractivity contribution in [1.82, 2.24) is 10.6 Å². The molecule has 0 bridgehead atoms. The second-order valence-corrected chi connectivity index (χ2v) is 17.5. The summed E-state index contributed by atoms with van der Waals surface area (Å²) in [4.78, 5) is 5.38. The molecule has 1 aromatic heterocycles. The first-order valence-corrected chi connectivity index (χ1v) is 23.0. The smallest absolute Gasteiger partial charge is 0.136 e. The fraction of sp³-hybridized carbons (Fsp3) is 0.0317. The first kappa shape index (κ1) is 38.9. The summed E-state index contributed by atoms with van der Waals surface area (Å²) in [5.41, 5.74) is 14.5. The topological polar surface area (TPSA) is 49.6 Å². The number of nitrogens with zero attached hydrogens (tertiary/aromatic N) is 1. The second-order valence-electron chi connectivity index (χ2n) is 17.5. The lowest BCUT2D eigenvalue weighted by Gasteiger charge is -2.33. The quantitative estimate of drug-likeness (QED) is 0.157. The largest absolute Gasteiger partial charge is 0.456 e. The molecule has 1 aliphatic rings. The SMILES string of the molecule is c1ccc(C2=NC(c3ccc(-c4cccc5oc6cc(-c7cc8ccccc8c8ccccc78)ccc6c45)c4ccccc34)NC(c3ccc(-c4ccc(-c5ccccc5)cc4)cc3)N2)cc1. The molecule has 2 N–H and O–H groups in total. The predicted octanol–water partition coefficient (Wildman–Crippen LogP) is 16.1. The van der Waals surface area contributed by atoms with Gasteiger partial charge in [-0.2, -0.15) is 0 Å². The molecular weight excluding hydrogens is 815 g/mol. The molecule has 4 heteroatoms. The number of benzene rings is 11. The van der Waals surface area contributed by atoms with E-state index in [1.165, 1.54) is 49.4 Å². The maximum atomic E-state index is 6.73. The highest BCUT2D eigenvalue weighted by atomic mass is 16.3. The molecule has 0 saturated heterocycles. The Hall–Kier alpha value is -8.57. The van der Waals surface area contributed by atoms with Crippen molar-refractivity contribution in [3.63, 3.8) is 0 Å². The van der Waals surface area contributed by atoms with Crippen molar-refractivity contribution in [2.75, 3.05) is 0 Å². The fourth-order valence-electron chi connectivity index (χ4n) is 10.3. The Morgan fingerprint density at radius 3 is 1.67 bits per heavy atom. The standard InChI is InChI=1S/C63H43N3O/c1-3-14-40(15-4-1)41-26-28-42(29-27-41)43-30-32-45(33-31-43)62-64-61(44-16-5-2-6-17-44)65-63(66-62)55-37-36-53(50-21-10-11-22-51(50)55)54-24-13-25-58-60(54)56-35-34-47(39-59(56)67-58)57-38-46-18-7-8-19-48(46)49-20-9-12-23-52(49)57/h1-39,62-63,66H,(H,64,65). The number of amidine groups is 1. The first-order chi connectivity index (χ1) is 33.2. The van der Waals surface area contributed by atoms with Crippen LogP contribution in [0.25, 0.3) is 98.8 Å². The first-order valence-electron chi connectivity index (χ1n) is 23.0. The van der Waals surface area contributed by atoms with Crippen molar-refractivity contribution in [2.24, 2.45) is 4.99 Å². The van der Waals surface area contributed by atoms with Crippen molar-refractivity contribution in [3.05, 3.63) is 253 Å². The monoisotopic (exact) mass is 857 g/mol. The average molecular weight is 858 g/mol. The molecule has 2 atom stereocenters. The van der Waals surface area contributed by atoms with Gasteiger partial charge in [0.15, 0.2) is 0 Å². The van der Waals surface area contributed by atoms with Crippen molar-refractivity contribution in [1.29, 1.82) is 0 Å². The van der Waals surface area contributed by atoms with Gasteiger partial charge in [0.1, 0.15) is 29.3 Å². The molecular formula is C63H43N3O. The molecule has 1 aliphatic heterocycles. The predicted molar refractivity (Wildman–Crippen MR) is 279 cm³/mol. The fourth-order valence-corrected chi connectivity index (χ4v) is 10.3. The molecule has 316 valence electrons. The van der Waals surface area contributed by atoms with Crippen LogP contribution in [-0.4, -0.2) is 5.84 Å². The van der Waals surface area contributed by atoms with Crippen molar-refractivity contribution >= 4 is 60.1 Å². The summed E-state index contributed by atoms with van der Waals surface area (Å²) in [6, 6.07) is 84.7. The van der Waals surface area contributed by atoms with E-state index in [0.29, 0.717) is 0 Å². The van der Waals surface area contributed by atoms with E-state index in [0.717, 1.165) is 71.9 Å². The molecule has 67 heavy (non-hydrogen) atoms. The molecule has 2 unspecified atom stereocenters. The number of hydrogen-bond donors (Lipinski definition) is 2. The van der Waals surface area contributed by atoms with Gasteiger partial charge in [-0.15, -0.1) is 0 Å². The molecule has 0 spiro atoms. The second kappa shape index (κ2) is 16.1. The van der Waals surface area contributed by atoms with E-state index in [1.54, 1.807) is 0 Å². The van der Waals surface area contributed by atoms with Gasteiger partial charge in [-0.25, -0.2) is 4.99 Å². The summed E-state index contributed by atoms with van der Waals surface area (Å²) in [5.74, 6) is 0.855. The maximum Gasteiger partial charge on any atom is 0.136 e. The van der Waals surface area contributed by atoms with Crippen LogP contribution in [0, 0.1) is 0 Å². The van der Waals surface area contributed by atoms with Crippen LogP contribution < -0.4 is 10.6 Å². The van der Waals surface area contributed by atoms with Crippen LogP contribution in [0.4, 0.5) is 0 Å². The van der Waals surface area contributed by atoms with Crippen LogP contribution in [0.1, 0.15) is 29.0 Å². The van der Waals surface area contributed by atoms with E-state index >= 15 is 0 Å². The Morgan fingerprint density at radius 1 is 0.358 bits per heavy atom. The van der Waals surface area contributed by atoms with Gasteiger partial charge in [-0.3, -0.25) is 5.32 Å². The molecule has 11 aromatic carbocycles. The zero-order valence-corrected chi connectivity index (χ0v) is 36.5. The van der Waals surface area contributed by atoms with Crippen molar-refractivity contribution < 1.29 is 4.42 Å². The number of rotatable bonds is 7. The Kier molecular flexibility index (Phi) is 9.36. The highest BCUT2D eigenvalue weighted by Crippen LogP contribution is 2.43. The van der Waals surface area contributed by atoms with Crippen LogP contribution in [0.2, 0.25) is 0 Å². The summed E-state index contributed by atoms with van der Waals surface area (Å²) in [6.45, 7) is 0. The summed E-state index contributed by atoms with van der Waals surface area (Å²) >= 11 is 0. The summed E-state index contributed by atoms with van der Waals surface area (Å²) in [7, 11) is 0. The third-order valence-electron chi connectivity index (χ3n) is 13.6. The van der Waals surface area contributed by atoms with Gasteiger partial charge in [-0.05, 0) is 112 Å². The Bertz CT molecular complexity index is 3850. The minimum Gasteiger partial charge on any atom is -0.456 e. The van der Waals surface area contributed by atoms with Crippen molar-refractivity contribution in [2.45, 2.75) is 12.3 Å². The number of fused-ring (bicyclic) bond motifs is 7. The Labute approximate surface area is 388 Å². The van der Waals surface area contributed by atoms with Gasteiger partial charge < -0.3 is 9.73 Å². The van der Waals surface area contributed by atoms with Gasteiger partial charge in [-0.1, -0.05) is 212 Å². The molecule has 0 amide bonds. The number of aliphatic imine (C=N–C) groups is 1. The van der Waals surface area contributed by atoms with E-state index in [9.17, 15) is 0 Å². The average Bonchev–Trinajstić information content (AvgIpc) is 3.79. The van der Waals surface area contributed by atoms with E-state index in [1.807, 2.05) is 6.07 Å². The van der Waals surface area contributed by atoms with Crippen LogP contribution in [-0.2, 0) is 0 Å². The lowest BCUT2D eigenvalue weighted by atomic mass is 9.90. The van der Waals surface area contributed by atoms with Crippen molar-refractivity contribution in [3.8, 4) is 44.5 Å². The lowest BCUT2D eigenvalue weighted by molar-refractivity contribution is 0.410.